The Balaban J connectivity index is 1.50. The minimum Gasteiger partial charge on any atom is -0.490 e. The molecule has 0 bridgehead atoms. The summed E-state index contributed by atoms with van der Waals surface area (Å²) in [5.74, 6) is -0.343. The number of halogens is 3. The van der Waals surface area contributed by atoms with Crippen LogP contribution >= 0.6 is 0 Å². The van der Waals surface area contributed by atoms with Gasteiger partial charge in [0.2, 0.25) is 5.91 Å². The number of aliphatic hydroxyl groups excluding tert-OH is 1. The minimum absolute atomic E-state index is 0.00774. The molecule has 1 spiro atoms. The first-order valence-corrected chi connectivity index (χ1v) is 9.16. The van der Waals surface area contributed by atoms with E-state index in [-0.39, 0.29) is 36.1 Å². The van der Waals surface area contributed by atoms with Crippen LogP contribution in [0.3, 0.4) is 0 Å². The Bertz CT molecular complexity index is 674. The van der Waals surface area contributed by atoms with Gasteiger partial charge in [-0.1, -0.05) is 12.1 Å². The predicted octanol–water partition coefficient (Wildman–Crippen LogP) is 2.29. The van der Waals surface area contributed by atoms with Gasteiger partial charge in [0, 0.05) is 19.5 Å². The van der Waals surface area contributed by atoms with Crippen molar-refractivity contribution in [1.82, 2.24) is 10.2 Å². The molecule has 3 rings (SSSR count). The summed E-state index contributed by atoms with van der Waals surface area (Å²) in [5.41, 5.74) is -0.781. The van der Waals surface area contributed by atoms with Crippen molar-refractivity contribution < 1.29 is 27.8 Å². The Labute approximate surface area is 156 Å². The van der Waals surface area contributed by atoms with E-state index in [0.29, 0.717) is 0 Å². The molecule has 0 unspecified atom stereocenters. The average molecular weight is 386 g/mol. The first-order chi connectivity index (χ1) is 12.7. The van der Waals surface area contributed by atoms with E-state index in [0.717, 1.165) is 38.4 Å². The fourth-order valence-electron chi connectivity index (χ4n) is 3.91. The molecule has 150 valence electrons. The zero-order valence-electron chi connectivity index (χ0n) is 15.3. The monoisotopic (exact) mass is 386 g/mol. The minimum atomic E-state index is -4.52. The number of ether oxygens (including phenoxy) is 1. The largest absolute Gasteiger partial charge is 0.490 e. The second-order valence-corrected chi connectivity index (χ2v) is 7.55. The molecule has 0 aromatic heterocycles. The van der Waals surface area contributed by atoms with E-state index in [1.165, 1.54) is 23.1 Å². The lowest BCUT2D eigenvalue weighted by molar-refractivity contribution is -0.139. The van der Waals surface area contributed by atoms with Gasteiger partial charge in [-0.15, -0.1) is 0 Å². The van der Waals surface area contributed by atoms with Crippen LogP contribution in [0.15, 0.2) is 24.3 Å². The molecule has 2 atom stereocenters. The van der Waals surface area contributed by atoms with Crippen molar-refractivity contribution in [2.45, 2.75) is 31.5 Å². The highest BCUT2D eigenvalue weighted by Gasteiger charge is 2.58. The van der Waals surface area contributed by atoms with E-state index in [1.807, 2.05) is 0 Å². The van der Waals surface area contributed by atoms with Gasteiger partial charge in [0.25, 0.3) is 0 Å². The Kier molecular flexibility index (Phi) is 5.67. The van der Waals surface area contributed by atoms with Crippen LogP contribution in [0.5, 0.6) is 5.75 Å². The molecule has 2 fully saturated rings. The molecule has 1 amide bonds. The van der Waals surface area contributed by atoms with Crippen molar-refractivity contribution in [2.75, 3.05) is 33.3 Å². The predicted molar refractivity (Wildman–Crippen MR) is 93.2 cm³/mol. The topological polar surface area (TPSA) is 61.8 Å². The highest BCUT2D eigenvalue weighted by Crippen LogP contribution is 2.59. The van der Waals surface area contributed by atoms with Crippen molar-refractivity contribution in [3.63, 3.8) is 0 Å². The van der Waals surface area contributed by atoms with E-state index in [1.54, 1.807) is 7.05 Å². The Hall–Kier alpha value is -1.80. The molecule has 8 heteroatoms. The number of hydrogen-bond acceptors (Lipinski definition) is 4. The number of nitrogens with one attached hydrogen (secondary N) is 1. The van der Waals surface area contributed by atoms with Crippen LogP contribution in [0.2, 0.25) is 0 Å². The Morgan fingerprint density at radius 3 is 2.70 bits per heavy atom. The van der Waals surface area contributed by atoms with Crippen LogP contribution in [0.1, 0.15) is 24.8 Å². The number of nitrogens with zero attached hydrogens (tertiary/aromatic N) is 1. The standard InChI is InChI=1S/C19H25F3N2O3/c1-24(17(26)15-10-18(15)6-8-23-9-7-18)11-13(25)12-27-16-5-3-2-4-14(16)19(20,21)22/h2-5,13,15,23,25H,6-12H2,1H3/t13-,15-/m0/s1. The van der Waals surface area contributed by atoms with Crippen molar-refractivity contribution in [2.24, 2.45) is 11.3 Å². The van der Waals surface area contributed by atoms with E-state index in [4.69, 9.17) is 4.74 Å². The van der Waals surface area contributed by atoms with Gasteiger partial charge in [-0.25, -0.2) is 0 Å². The second-order valence-electron chi connectivity index (χ2n) is 7.55. The number of para-hydroxylation sites is 1. The summed E-state index contributed by atoms with van der Waals surface area (Å²) in [6.45, 7) is 1.55. The molecular weight excluding hydrogens is 361 g/mol. The zero-order chi connectivity index (χ0) is 19.7. The van der Waals surface area contributed by atoms with Gasteiger partial charge in [0.15, 0.2) is 0 Å². The molecule has 1 aromatic carbocycles. The molecule has 1 saturated carbocycles. The Morgan fingerprint density at radius 1 is 1.37 bits per heavy atom. The van der Waals surface area contributed by atoms with Gasteiger partial charge in [-0.2, -0.15) is 13.2 Å². The number of aliphatic hydroxyl groups is 1. The second kappa shape index (κ2) is 7.67. The highest BCUT2D eigenvalue weighted by atomic mass is 19.4. The number of rotatable bonds is 6. The molecule has 2 aliphatic rings. The number of piperidine rings is 1. The highest BCUT2D eigenvalue weighted by molar-refractivity contribution is 5.82. The van der Waals surface area contributed by atoms with E-state index < -0.39 is 17.8 Å². The molecule has 1 aromatic rings. The molecule has 1 heterocycles. The number of hydrogen-bond donors (Lipinski definition) is 2. The lowest BCUT2D eigenvalue weighted by atomic mass is 9.91. The smallest absolute Gasteiger partial charge is 0.419 e. The van der Waals surface area contributed by atoms with Crippen molar-refractivity contribution in [3.05, 3.63) is 29.8 Å². The van der Waals surface area contributed by atoms with Gasteiger partial charge in [-0.05, 0) is 49.9 Å². The SMILES string of the molecule is CN(C[C@H](O)COc1ccccc1C(F)(F)F)C(=O)[C@@H]1CC12CCNCC2. The number of carbonyl (C=O) groups excluding carboxylic acids is 1. The van der Waals surface area contributed by atoms with Crippen LogP contribution in [0.25, 0.3) is 0 Å². The van der Waals surface area contributed by atoms with Gasteiger partial charge >= 0.3 is 6.18 Å². The van der Waals surface area contributed by atoms with Crippen LogP contribution in [0.4, 0.5) is 13.2 Å². The third kappa shape index (κ3) is 4.55. The van der Waals surface area contributed by atoms with Gasteiger partial charge in [0.05, 0.1) is 5.56 Å². The van der Waals surface area contributed by atoms with E-state index in [2.05, 4.69) is 5.32 Å². The molecule has 1 aliphatic carbocycles. The summed E-state index contributed by atoms with van der Waals surface area (Å²) < 4.78 is 44.1. The molecule has 1 saturated heterocycles. The first kappa shape index (κ1) is 19.9. The summed E-state index contributed by atoms with van der Waals surface area (Å²) in [6.07, 6.45) is -2.75. The average Bonchev–Trinajstić information content (AvgIpc) is 3.32. The lowest BCUT2D eigenvalue weighted by Gasteiger charge is -2.26. The van der Waals surface area contributed by atoms with Crippen LogP contribution in [-0.2, 0) is 11.0 Å². The third-order valence-electron chi connectivity index (χ3n) is 5.57. The summed E-state index contributed by atoms with van der Waals surface area (Å²) in [6, 6.07) is 4.88. The maximum Gasteiger partial charge on any atom is 0.419 e. The Morgan fingerprint density at radius 2 is 2.04 bits per heavy atom. The molecule has 0 radical (unpaired) electrons. The number of benzene rings is 1. The van der Waals surface area contributed by atoms with Crippen molar-refractivity contribution in [3.8, 4) is 5.75 Å². The molecule has 27 heavy (non-hydrogen) atoms. The zero-order valence-corrected chi connectivity index (χ0v) is 15.3. The molecule has 1 aliphatic heterocycles. The maximum atomic E-state index is 13.0. The van der Waals surface area contributed by atoms with E-state index >= 15 is 0 Å². The number of alkyl halides is 3. The maximum absolute atomic E-state index is 13.0. The lowest BCUT2D eigenvalue weighted by Crippen LogP contribution is -2.39. The molecule has 2 N–H and O–H groups in total. The summed E-state index contributed by atoms with van der Waals surface area (Å²) in [5, 5.41) is 13.4. The van der Waals surface area contributed by atoms with Crippen LogP contribution < -0.4 is 10.1 Å². The quantitative estimate of drug-likeness (QED) is 0.788. The number of amides is 1. The van der Waals surface area contributed by atoms with Crippen LogP contribution in [0, 0.1) is 11.3 Å². The molecular formula is C19H25F3N2O3. The van der Waals surface area contributed by atoms with Gasteiger partial charge in [-0.3, -0.25) is 4.79 Å². The fraction of sp³-hybridized carbons (Fsp3) is 0.632. The van der Waals surface area contributed by atoms with Crippen molar-refractivity contribution in [1.29, 1.82) is 0 Å². The summed E-state index contributed by atoms with van der Waals surface area (Å²) in [4.78, 5) is 14.0. The summed E-state index contributed by atoms with van der Waals surface area (Å²) in [7, 11) is 1.61. The van der Waals surface area contributed by atoms with Gasteiger partial charge in [0.1, 0.15) is 18.5 Å². The normalized spacial score (nSPS) is 22.3. The third-order valence-corrected chi connectivity index (χ3v) is 5.57. The number of carbonyl (C=O) groups is 1. The van der Waals surface area contributed by atoms with Crippen molar-refractivity contribution >= 4 is 5.91 Å². The summed E-state index contributed by atoms with van der Waals surface area (Å²) >= 11 is 0. The van der Waals surface area contributed by atoms with Crippen LogP contribution in [-0.4, -0.2) is 55.3 Å². The van der Waals surface area contributed by atoms with E-state index in [9.17, 15) is 23.1 Å². The fourth-order valence-corrected chi connectivity index (χ4v) is 3.91. The van der Waals surface area contributed by atoms with Gasteiger partial charge < -0.3 is 20.1 Å². The molecule has 5 nitrogen and oxygen atoms in total. The number of likely N-dealkylation sites (N-methyl/N-ethyl adjacent to an activating group) is 1. The first-order valence-electron chi connectivity index (χ1n) is 9.16.